The molecule has 0 radical (unpaired) electrons. The fourth-order valence-electron chi connectivity index (χ4n) is 3.61. The Morgan fingerprint density at radius 2 is 1.83 bits per heavy atom. The monoisotopic (exact) mass is 547 g/mol. The summed E-state index contributed by atoms with van der Waals surface area (Å²) >= 11 is 11.5. The summed E-state index contributed by atoms with van der Waals surface area (Å²) in [5, 5.41) is 8.93. The van der Waals surface area contributed by atoms with Gasteiger partial charge in [-0.25, -0.2) is 14.4 Å². The average molecular weight is 548 g/mol. The Hall–Kier alpha value is -3.38. The van der Waals surface area contributed by atoms with E-state index in [9.17, 15) is 32.3 Å². The number of carbonyl (C=O) groups is 2. The lowest BCUT2D eigenvalue weighted by molar-refractivity contribution is -0.126. The molecule has 0 spiro atoms. The first-order chi connectivity index (χ1) is 16.9. The highest BCUT2D eigenvalue weighted by molar-refractivity contribution is 6.36. The number of phenolic OH excluding ortho intramolecular Hbond substituents is 1. The average Bonchev–Trinajstić information content (AvgIpc) is 2.84. The van der Waals surface area contributed by atoms with Crippen LogP contribution in [0.25, 0.3) is 6.08 Å². The van der Waals surface area contributed by atoms with E-state index in [1.54, 1.807) is 4.90 Å². The summed E-state index contributed by atoms with van der Waals surface area (Å²) in [5.41, 5.74) is -2.79. The van der Waals surface area contributed by atoms with E-state index in [0.717, 1.165) is 12.4 Å². The minimum atomic E-state index is -5.21. The molecular weight excluding hydrogens is 529 g/mol. The van der Waals surface area contributed by atoms with E-state index in [2.05, 4.69) is 16.5 Å². The molecule has 0 atom stereocenters. The van der Waals surface area contributed by atoms with Crippen LogP contribution >= 0.6 is 23.2 Å². The van der Waals surface area contributed by atoms with Gasteiger partial charge in [-0.3, -0.25) is 14.5 Å². The van der Waals surface area contributed by atoms with E-state index in [4.69, 9.17) is 23.2 Å². The summed E-state index contributed by atoms with van der Waals surface area (Å²) in [7, 11) is 0. The van der Waals surface area contributed by atoms with Gasteiger partial charge in [0.05, 0.1) is 15.7 Å². The second-order valence-corrected chi connectivity index (χ2v) is 8.38. The molecule has 0 saturated carbocycles. The maximum atomic E-state index is 14.7. The number of alkyl halides is 3. The van der Waals surface area contributed by atoms with Crippen molar-refractivity contribution in [2.45, 2.75) is 13.1 Å². The second kappa shape index (κ2) is 10.7. The first kappa shape index (κ1) is 27.2. The number of halogens is 6. The van der Waals surface area contributed by atoms with Crippen LogP contribution in [0, 0.1) is 12.7 Å². The van der Waals surface area contributed by atoms with Gasteiger partial charge in [0.25, 0.3) is 0 Å². The lowest BCUT2D eigenvalue weighted by Crippen LogP contribution is -2.48. The summed E-state index contributed by atoms with van der Waals surface area (Å²) in [4.78, 5) is 34.8. The van der Waals surface area contributed by atoms with Gasteiger partial charge in [-0.15, -0.1) is 0 Å². The van der Waals surface area contributed by atoms with Crippen LogP contribution in [0.3, 0.4) is 0 Å². The van der Waals surface area contributed by atoms with E-state index in [-0.39, 0.29) is 60.5 Å². The number of phenols is 1. The minimum Gasteiger partial charge on any atom is -0.504 e. The normalized spacial score (nSPS) is 14.6. The van der Waals surface area contributed by atoms with E-state index in [1.807, 2.05) is 0 Å². The number of anilines is 2. The van der Waals surface area contributed by atoms with Crippen molar-refractivity contribution in [2.24, 2.45) is 0 Å². The molecule has 0 bridgehead atoms. The van der Waals surface area contributed by atoms with Gasteiger partial charge < -0.3 is 14.9 Å². The molecule has 1 N–H and O–H groups in total. The molecule has 1 aliphatic heterocycles. The number of aromatic nitrogens is 2. The van der Waals surface area contributed by atoms with Crippen molar-refractivity contribution in [3.63, 3.8) is 0 Å². The number of amides is 2. The Kier molecular flexibility index (Phi) is 8.09. The lowest BCUT2D eigenvalue weighted by Gasteiger charge is -2.35. The number of piperazine rings is 1. The summed E-state index contributed by atoms with van der Waals surface area (Å²) in [5.74, 6) is -2.76. The number of nitrogens with zero attached hydrogens (tertiary/aromatic N) is 5. The molecule has 0 unspecified atom stereocenters. The third kappa shape index (κ3) is 5.39. The van der Waals surface area contributed by atoms with Gasteiger partial charge in [-0.05, 0) is 25.1 Å². The molecule has 1 aromatic carbocycles. The van der Waals surface area contributed by atoms with Crippen molar-refractivity contribution in [3.05, 3.63) is 57.9 Å². The Morgan fingerprint density at radius 3 is 2.39 bits per heavy atom. The van der Waals surface area contributed by atoms with E-state index < -0.39 is 39.2 Å². The predicted molar refractivity (Wildman–Crippen MR) is 126 cm³/mol. The van der Waals surface area contributed by atoms with Gasteiger partial charge in [0.15, 0.2) is 11.6 Å². The highest BCUT2D eigenvalue weighted by Crippen LogP contribution is 2.44. The molecular formula is C22H19Cl2F4N5O3. The second-order valence-electron chi connectivity index (χ2n) is 7.57. The van der Waals surface area contributed by atoms with E-state index in [1.165, 1.54) is 17.9 Å². The van der Waals surface area contributed by atoms with Crippen LogP contribution in [-0.2, 0) is 9.59 Å². The first-order valence-electron chi connectivity index (χ1n) is 10.3. The van der Waals surface area contributed by atoms with Gasteiger partial charge in [0.1, 0.15) is 23.5 Å². The van der Waals surface area contributed by atoms with Gasteiger partial charge >= 0.3 is 6.18 Å². The molecule has 1 saturated heterocycles. The molecule has 36 heavy (non-hydrogen) atoms. The quantitative estimate of drug-likeness (QED) is 0.250. The van der Waals surface area contributed by atoms with Crippen molar-refractivity contribution in [1.82, 2.24) is 14.9 Å². The summed E-state index contributed by atoms with van der Waals surface area (Å²) in [6.45, 7) is 5.89. The molecule has 1 fully saturated rings. The van der Waals surface area contributed by atoms with Crippen LogP contribution in [-0.4, -0.2) is 64.6 Å². The standard InChI is InChI=1S/C22H19Cl2F4N5O3/c1-3-17(35)31-4-6-32(7-5-31)21-13(12(2)29-10-30-21)8-16(22(26,27)28)33(11-34)19-18(25)14(23)9-15(24)20(19)36/h3,8-11,36H,1,4-7H2,2H3/b16-8-. The smallest absolute Gasteiger partial charge is 0.431 e. The molecule has 3 rings (SSSR count). The third-order valence-electron chi connectivity index (χ3n) is 5.43. The zero-order chi connectivity index (χ0) is 26.8. The number of carbonyl (C=O) groups excluding carboxylic acids is 2. The molecule has 1 aliphatic rings. The third-order valence-corrected chi connectivity index (χ3v) is 5.99. The van der Waals surface area contributed by atoms with Crippen molar-refractivity contribution in [3.8, 4) is 5.75 Å². The number of hydrogen-bond donors (Lipinski definition) is 1. The summed E-state index contributed by atoms with van der Waals surface area (Å²) in [6, 6.07) is 0.793. The van der Waals surface area contributed by atoms with Gasteiger partial charge in [-0.2, -0.15) is 13.2 Å². The maximum Gasteiger partial charge on any atom is 0.431 e. The molecule has 2 heterocycles. The Bertz CT molecular complexity index is 1200. The number of aromatic hydroxyl groups is 1. The van der Waals surface area contributed by atoms with Crippen molar-refractivity contribution in [1.29, 1.82) is 0 Å². The zero-order valence-electron chi connectivity index (χ0n) is 18.7. The topological polar surface area (TPSA) is 89.9 Å². The largest absolute Gasteiger partial charge is 0.504 e. The van der Waals surface area contributed by atoms with Crippen LogP contribution in [0.5, 0.6) is 5.75 Å². The Labute approximate surface area is 213 Å². The SMILES string of the molecule is C=CC(=O)N1CCN(c2ncnc(C)c2/C=C(\N(C=O)c2c(O)c(Cl)cc(Cl)c2F)C(F)(F)F)CC1. The summed E-state index contributed by atoms with van der Waals surface area (Å²) in [6.07, 6.45) is -2.62. The van der Waals surface area contributed by atoms with Crippen molar-refractivity contribution in [2.75, 3.05) is 36.0 Å². The van der Waals surface area contributed by atoms with E-state index in [0.29, 0.717) is 6.08 Å². The summed E-state index contributed by atoms with van der Waals surface area (Å²) < 4.78 is 57.4. The Morgan fingerprint density at radius 1 is 1.19 bits per heavy atom. The number of rotatable bonds is 6. The van der Waals surface area contributed by atoms with Crippen LogP contribution in [0.15, 0.2) is 30.7 Å². The molecule has 8 nitrogen and oxygen atoms in total. The molecule has 0 aliphatic carbocycles. The zero-order valence-corrected chi connectivity index (χ0v) is 20.2. The van der Waals surface area contributed by atoms with Crippen LogP contribution < -0.4 is 9.80 Å². The molecule has 14 heteroatoms. The maximum absolute atomic E-state index is 14.7. The van der Waals surface area contributed by atoms with E-state index >= 15 is 0 Å². The van der Waals surface area contributed by atoms with Gasteiger partial charge in [-0.1, -0.05) is 29.8 Å². The number of aryl methyl sites for hydroxylation is 1. The first-order valence-corrected chi connectivity index (χ1v) is 11.0. The van der Waals surface area contributed by atoms with Crippen LogP contribution in [0.1, 0.15) is 11.3 Å². The minimum absolute atomic E-state index is 0.104. The van der Waals surface area contributed by atoms with Crippen molar-refractivity contribution >= 4 is 53.1 Å². The fourth-order valence-corrected chi connectivity index (χ4v) is 4.06. The molecule has 1 aromatic heterocycles. The van der Waals surface area contributed by atoms with Crippen LogP contribution in [0.4, 0.5) is 29.1 Å². The van der Waals surface area contributed by atoms with Gasteiger partial charge in [0, 0.05) is 31.7 Å². The number of hydrogen-bond acceptors (Lipinski definition) is 6. The predicted octanol–water partition coefficient (Wildman–Crippen LogP) is 4.34. The van der Waals surface area contributed by atoms with Crippen molar-refractivity contribution < 1.29 is 32.3 Å². The van der Waals surface area contributed by atoms with Crippen LogP contribution in [0.2, 0.25) is 10.0 Å². The molecule has 2 amide bonds. The Balaban J connectivity index is 2.15. The number of benzene rings is 1. The molecule has 192 valence electrons. The highest BCUT2D eigenvalue weighted by Gasteiger charge is 2.41. The highest BCUT2D eigenvalue weighted by atomic mass is 35.5. The fraction of sp³-hybridized carbons (Fsp3) is 0.273. The molecule has 2 aromatic rings. The van der Waals surface area contributed by atoms with Gasteiger partial charge in [0.2, 0.25) is 12.3 Å². The lowest BCUT2D eigenvalue weighted by atomic mass is 10.1. The number of allylic oxidation sites excluding steroid dienone is 1.